The van der Waals surface area contributed by atoms with Crippen LogP contribution in [0, 0.1) is 5.41 Å². The second-order valence-electron chi connectivity index (χ2n) is 5.53. The van der Waals surface area contributed by atoms with Crippen molar-refractivity contribution in [2.75, 3.05) is 13.6 Å². The summed E-state index contributed by atoms with van der Waals surface area (Å²) in [5, 5.41) is 5.74. The Labute approximate surface area is 133 Å². The zero-order chi connectivity index (χ0) is 14.4. The highest BCUT2D eigenvalue weighted by atomic mass is 35.6. The molecule has 0 saturated carbocycles. The van der Waals surface area contributed by atoms with Crippen molar-refractivity contribution in [1.82, 2.24) is 9.91 Å². The van der Waals surface area contributed by atoms with Crippen molar-refractivity contribution in [2.45, 2.75) is 35.1 Å². The van der Waals surface area contributed by atoms with E-state index < -0.39 is 14.3 Å². The van der Waals surface area contributed by atoms with Gasteiger partial charge in [0, 0.05) is 13.6 Å². The topological polar surface area (TPSA) is 18.8 Å². The Kier molecular flexibility index (Phi) is 4.89. The highest BCUT2D eigenvalue weighted by molar-refractivity contribution is 6.75. The largest absolute Gasteiger partial charge is 0.336 e. The summed E-state index contributed by atoms with van der Waals surface area (Å²) in [6.07, 6.45) is 1.12. The van der Waals surface area contributed by atoms with Crippen LogP contribution in [0.2, 0.25) is 0 Å². The molecule has 1 rings (SSSR count). The molecule has 0 radical (unpaired) electrons. The fraction of sp³-hybridized carbons (Fsp3) is 0.900. The predicted octanol–water partition coefficient (Wildman–Crippen LogP) is 4.09. The highest BCUT2D eigenvalue weighted by Crippen LogP contribution is 2.50. The molecule has 106 valence electrons. The molecule has 3 nitrogen and oxygen atoms in total. The maximum atomic E-state index is 6.24. The number of hydrogen-bond donors (Lipinski definition) is 0. The van der Waals surface area contributed by atoms with Gasteiger partial charge in [-0.15, -0.1) is 0 Å². The summed E-state index contributed by atoms with van der Waals surface area (Å²) in [4.78, 5) is 1.88. The summed E-state index contributed by atoms with van der Waals surface area (Å²) >= 11 is 30.1. The van der Waals surface area contributed by atoms with E-state index in [-0.39, 0.29) is 5.41 Å². The lowest BCUT2D eigenvalue weighted by molar-refractivity contribution is 0.116. The molecular weight excluding hydrogens is 339 g/mol. The molecule has 0 saturated heterocycles. The van der Waals surface area contributed by atoms with Crippen LogP contribution < -0.4 is 0 Å². The van der Waals surface area contributed by atoms with Crippen molar-refractivity contribution in [3.63, 3.8) is 0 Å². The molecule has 0 bridgehead atoms. The number of nitrogens with zero attached hydrogens (tertiary/aromatic N) is 3. The van der Waals surface area contributed by atoms with Gasteiger partial charge < -0.3 is 4.90 Å². The van der Waals surface area contributed by atoms with Gasteiger partial charge >= 0.3 is 0 Å². The van der Waals surface area contributed by atoms with Gasteiger partial charge in [0.1, 0.15) is 6.34 Å². The van der Waals surface area contributed by atoms with E-state index in [0.717, 1.165) is 0 Å². The van der Waals surface area contributed by atoms with Crippen LogP contribution in [0.3, 0.4) is 0 Å². The molecule has 1 unspecified atom stereocenters. The van der Waals surface area contributed by atoms with Crippen molar-refractivity contribution in [1.29, 1.82) is 0 Å². The summed E-state index contributed by atoms with van der Waals surface area (Å²) in [5.74, 6) is 0. The smallest absolute Gasteiger partial charge is 0.227 e. The van der Waals surface area contributed by atoms with Crippen molar-refractivity contribution < 1.29 is 0 Å². The van der Waals surface area contributed by atoms with Crippen molar-refractivity contribution in [2.24, 2.45) is 10.5 Å². The number of halogens is 5. The molecule has 18 heavy (non-hydrogen) atoms. The fourth-order valence-electron chi connectivity index (χ4n) is 1.75. The molecule has 1 heterocycles. The van der Waals surface area contributed by atoms with Crippen LogP contribution >= 0.6 is 58.0 Å². The highest BCUT2D eigenvalue weighted by Gasteiger charge is 2.56. The molecule has 0 aromatic carbocycles. The average Bonchev–Trinajstić information content (AvgIpc) is 2.42. The summed E-state index contributed by atoms with van der Waals surface area (Å²) in [6.45, 7) is 6.97. The first-order valence-electron chi connectivity index (χ1n) is 5.33. The third-order valence-corrected chi connectivity index (χ3v) is 4.84. The Morgan fingerprint density at radius 3 is 2.00 bits per heavy atom. The maximum Gasteiger partial charge on any atom is 0.227 e. The van der Waals surface area contributed by atoms with Gasteiger partial charge in [-0.1, -0.05) is 78.8 Å². The first-order valence-corrected chi connectivity index (χ1v) is 7.22. The third-order valence-electron chi connectivity index (χ3n) is 2.41. The van der Waals surface area contributed by atoms with Gasteiger partial charge in [-0.05, 0) is 5.41 Å². The van der Waals surface area contributed by atoms with E-state index in [1.165, 1.54) is 0 Å². The lowest BCUT2D eigenvalue weighted by Crippen LogP contribution is -2.57. The normalized spacial score (nSPS) is 21.9. The zero-order valence-corrected chi connectivity index (χ0v) is 14.4. The molecule has 0 aromatic heterocycles. The van der Waals surface area contributed by atoms with Crippen LogP contribution in [0.25, 0.3) is 0 Å². The second-order valence-corrected chi connectivity index (χ2v) is 9.20. The van der Waals surface area contributed by atoms with E-state index >= 15 is 0 Å². The fourth-order valence-corrected chi connectivity index (χ4v) is 2.58. The van der Waals surface area contributed by atoms with E-state index in [1.54, 1.807) is 18.4 Å². The average molecular weight is 356 g/mol. The molecule has 0 aromatic rings. The van der Waals surface area contributed by atoms with Gasteiger partial charge in [-0.3, -0.25) is 5.01 Å². The lowest BCUT2D eigenvalue weighted by Gasteiger charge is -2.42. The van der Waals surface area contributed by atoms with Gasteiger partial charge in [0.05, 0.1) is 0 Å². The Morgan fingerprint density at radius 2 is 1.61 bits per heavy atom. The summed E-state index contributed by atoms with van der Waals surface area (Å²) < 4.78 is -3.42. The molecule has 0 amide bonds. The minimum atomic E-state index is -1.82. The Balaban J connectivity index is 2.98. The Hall–Kier alpha value is 0.720. The van der Waals surface area contributed by atoms with E-state index in [2.05, 4.69) is 25.9 Å². The Bertz CT molecular complexity index is 331. The number of hydrogen-bond acceptors (Lipinski definition) is 3. The molecule has 1 aliphatic heterocycles. The number of rotatable bonds is 2. The van der Waals surface area contributed by atoms with Gasteiger partial charge in [0.2, 0.25) is 8.13 Å². The molecular formula is C10H16Cl5N3. The number of alkyl halides is 5. The molecule has 1 aliphatic rings. The number of hydrazone groups is 1. The maximum absolute atomic E-state index is 6.24. The molecule has 0 aliphatic carbocycles. The minimum Gasteiger partial charge on any atom is -0.336 e. The van der Waals surface area contributed by atoms with E-state index in [9.17, 15) is 0 Å². The van der Waals surface area contributed by atoms with Crippen LogP contribution in [0.5, 0.6) is 0 Å². The summed E-state index contributed by atoms with van der Waals surface area (Å²) in [7, 11) is 1.74. The van der Waals surface area contributed by atoms with Crippen LogP contribution in [0.1, 0.15) is 20.8 Å². The van der Waals surface area contributed by atoms with Gasteiger partial charge in [0.25, 0.3) is 0 Å². The lowest BCUT2D eigenvalue weighted by atomic mass is 9.96. The van der Waals surface area contributed by atoms with Crippen molar-refractivity contribution >= 4 is 64.3 Å². The first kappa shape index (κ1) is 16.8. The van der Waals surface area contributed by atoms with Crippen LogP contribution in [0.4, 0.5) is 0 Å². The van der Waals surface area contributed by atoms with Gasteiger partial charge in [-0.25, -0.2) is 0 Å². The minimum absolute atomic E-state index is 0.0346. The van der Waals surface area contributed by atoms with E-state index in [0.29, 0.717) is 6.54 Å². The Morgan fingerprint density at radius 1 is 1.11 bits per heavy atom. The van der Waals surface area contributed by atoms with Crippen molar-refractivity contribution in [3.05, 3.63) is 0 Å². The first-order chi connectivity index (χ1) is 7.86. The second kappa shape index (κ2) is 5.25. The quantitative estimate of drug-likeness (QED) is 0.695. The van der Waals surface area contributed by atoms with Crippen molar-refractivity contribution in [3.8, 4) is 0 Å². The molecule has 8 heteroatoms. The summed E-state index contributed by atoms with van der Waals surface area (Å²) in [5.41, 5.74) is 0.0346. The monoisotopic (exact) mass is 353 g/mol. The summed E-state index contributed by atoms with van der Waals surface area (Å²) in [6, 6.07) is 0. The SMILES string of the molecule is CN1N=CN(CC(C)(C)C)C1C(Cl)(Cl)C(Cl)(Cl)Cl. The van der Waals surface area contributed by atoms with Crippen LogP contribution in [0.15, 0.2) is 5.10 Å². The van der Waals surface area contributed by atoms with E-state index in [1.807, 2.05) is 4.90 Å². The molecule has 0 N–H and O–H groups in total. The molecule has 0 spiro atoms. The molecule has 1 atom stereocenters. The van der Waals surface area contributed by atoms with Crippen LogP contribution in [-0.4, -0.2) is 44.1 Å². The standard InChI is InChI=1S/C10H16Cl5N3/c1-8(2,3)5-18-6-16-17(4)7(18)9(11,12)10(13,14)15/h6-7H,5H2,1-4H3. The van der Waals surface area contributed by atoms with Crippen LogP contribution in [-0.2, 0) is 0 Å². The predicted molar refractivity (Wildman–Crippen MR) is 80.9 cm³/mol. The van der Waals surface area contributed by atoms with Gasteiger partial charge in [-0.2, -0.15) is 5.10 Å². The molecule has 0 fully saturated rings. The third kappa shape index (κ3) is 3.63. The van der Waals surface area contributed by atoms with Gasteiger partial charge in [0.15, 0.2) is 6.17 Å². The zero-order valence-electron chi connectivity index (χ0n) is 10.6. The van der Waals surface area contributed by atoms with E-state index in [4.69, 9.17) is 58.0 Å².